The average molecular weight is 376 g/mol. The molecular weight excluding hydrogens is 338 g/mol. The molecule has 28 heavy (non-hydrogen) atoms. The highest BCUT2D eigenvalue weighted by Gasteiger charge is 2.30. The van der Waals surface area contributed by atoms with Gasteiger partial charge in [0, 0.05) is 6.08 Å². The first-order valence-corrected chi connectivity index (χ1v) is 11.6. The van der Waals surface area contributed by atoms with Crippen LogP contribution in [0.15, 0.2) is 48.6 Å². The van der Waals surface area contributed by atoms with Crippen LogP contribution in [-0.4, -0.2) is 0 Å². The SMILES string of the molecule is CCCCc1ccc(C2CCC(C3CCC(/C=C/C=C/C#N)CC3)CC2)cc1. The van der Waals surface area contributed by atoms with E-state index < -0.39 is 0 Å². The van der Waals surface area contributed by atoms with Crippen LogP contribution in [0.4, 0.5) is 0 Å². The second-order valence-corrected chi connectivity index (χ2v) is 9.00. The monoisotopic (exact) mass is 375 g/mol. The second-order valence-electron chi connectivity index (χ2n) is 9.00. The molecule has 0 N–H and O–H groups in total. The fourth-order valence-corrected chi connectivity index (χ4v) is 5.39. The molecule has 0 unspecified atom stereocenters. The molecular formula is C27H37N. The van der Waals surface area contributed by atoms with E-state index in [4.69, 9.17) is 5.26 Å². The zero-order chi connectivity index (χ0) is 19.6. The van der Waals surface area contributed by atoms with Gasteiger partial charge < -0.3 is 0 Å². The summed E-state index contributed by atoms with van der Waals surface area (Å²) >= 11 is 0. The van der Waals surface area contributed by atoms with Crippen LogP contribution in [0.3, 0.4) is 0 Å². The Morgan fingerprint density at radius 2 is 1.54 bits per heavy atom. The molecule has 1 aromatic carbocycles. The lowest BCUT2D eigenvalue weighted by atomic mass is 9.68. The van der Waals surface area contributed by atoms with E-state index in [1.165, 1.54) is 76.2 Å². The summed E-state index contributed by atoms with van der Waals surface area (Å²) in [5.74, 6) is 3.44. The van der Waals surface area contributed by atoms with Gasteiger partial charge in [0.05, 0.1) is 6.07 Å². The topological polar surface area (TPSA) is 23.8 Å². The summed E-state index contributed by atoms with van der Waals surface area (Å²) in [5, 5.41) is 8.55. The summed E-state index contributed by atoms with van der Waals surface area (Å²) in [6.07, 6.45) is 22.7. The molecule has 0 heterocycles. The Labute approximate surface area is 172 Å². The van der Waals surface area contributed by atoms with E-state index in [0.717, 1.165) is 23.7 Å². The van der Waals surface area contributed by atoms with Gasteiger partial charge in [0.25, 0.3) is 0 Å². The first-order valence-electron chi connectivity index (χ1n) is 11.6. The summed E-state index contributed by atoms with van der Waals surface area (Å²) in [7, 11) is 0. The van der Waals surface area contributed by atoms with E-state index in [1.807, 2.05) is 12.1 Å². The van der Waals surface area contributed by atoms with Crippen LogP contribution < -0.4 is 0 Å². The maximum Gasteiger partial charge on any atom is 0.0912 e. The average Bonchev–Trinajstić information content (AvgIpc) is 2.76. The van der Waals surface area contributed by atoms with Crippen molar-refractivity contribution in [2.24, 2.45) is 17.8 Å². The molecule has 0 spiro atoms. The lowest BCUT2D eigenvalue weighted by Gasteiger charge is -2.37. The van der Waals surface area contributed by atoms with Crippen molar-refractivity contribution in [3.63, 3.8) is 0 Å². The van der Waals surface area contributed by atoms with Crippen molar-refractivity contribution >= 4 is 0 Å². The Kier molecular flexibility index (Phi) is 8.41. The third-order valence-electron chi connectivity index (χ3n) is 7.19. The standard InChI is InChI=1S/C27H37N/c1-2-3-7-22-9-13-24(14-10-22)26-17-19-27(20-18-26)25-15-11-23(12-16-25)8-5-4-6-21-28/h4-6,8-10,13-14,23,25-27H,2-3,7,11-12,15-20H2,1H3/b6-4+,8-5+. The van der Waals surface area contributed by atoms with Gasteiger partial charge in [0.2, 0.25) is 0 Å². The summed E-state index contributed by atoms with van der Waals surface area (Å²) in [6, 6.07) is 11.6. The van der Waals surface area contributed by atoms with Crippen molar-refractivity contribution in [2.45, 2.75) is 83.5 Å². The van der Waals surface area contributed by atoms with Crippen LogP contribution in [0.1, 0.15) is 88.2 Å². The molecule has 1 nitrogen and oxygen atoms in total. The van der Waals surface area contributed by atoms with Crippen LogP contribution in [0.25, 0.3) is 0 Å². The summed E-state index contributed by atoms with van der Waals surface area (Å²) in [6.45, 7) is 2.27. The molecule has 0 aliphatic heterocycles. The predicted octanol–water partition coefficient (Wildman–Crippen LogP) is 7.75. The quantitative estimate of drug-likeness (QED) is 0.353. The van der Waals surface area contributed by atoms with Gasteiger partial charge in [-0.05, 0) is 99.0 Å². The molecule has 0 saturated heterocycles. The van der Waals surface area contributed by atoms with Crippen molar-refractivity contribution in [3.8, 4) is 6.07 Å². The predicted molar refractivity (Wildman–Crippen MR) is 119 cm³/mol. The first kappa shape index (κ1) is 20.9. The molecule has 150 valence electrons. The van der Waals surface area contributed by atoms with Crippen LogP contribution in [0.5, 0.6) is 0 Å². The maximum absolute atomic E-state index is 8.55. The Morgan fingerprint density at radius 1 is 0.893 bits per heavy atom. The minimum atomic E-state index is 0.724. The second kappa shape index (κ2) is 11.3. The van der Waals surface area contributed by atoms with E-state index in [1.54, 1.807) is 11.6 Å². The van der Waals surface area contributed by atoms with Gasteiger partial charge in [-0.3, -0.25) is 0 Å². The largest absolute Gasteiger partial charge is 0.193 e. The Morgan fingerprint density at radius 3 is 2.14 bits per heavy atom. The summed E-state index contributed by atoms with van der Waals surface area (Å²) < 4.78 is 0. The van der Waals surface area contributed by atoms with E-state index in [9.17, 15) is 0 Å². The molecule has 0 bridgehead atoms. The van der Waals surface area contributed by atoms with Gasteiger partial charge in [0.1, 0.15) is 0 Å². The first-order chi connectivity index (χ1) is 13.8. The van der Waals surface area contributed by atoms with E-state index in [2.05, 4.69) is 43.3 Å². The lowest BCUT2D eigenvalue weighted by Crippen LogP contribution is -2.25. The van der Waals surface area contributed by atoms with Gasteiger partial charge in [-0.1, -0.05) is 55.8 Å². The highest BCUT2D eigenvalue weighted by atomic mass is 14.4. The van der Waals surface area contributed by atoms with Crippen molar-refractivity contribution in [2.75, 3.05) is 0 Å². The molecule has 1 aromatic rings. The van der Waals surface area contributed by atoms with Gasteiger partial charge in [-0.15, -0.1) is 0 Å². The molecule has 0 amide bonds. The molecule has 0 radical (unpaired) electrons. The Bertz CT molecular complexity index is 659. The summed E-state index contributed by atoms with van der Waals surface area (Å²) in [5.41, 5.74) is 3.09. The zero-order valence-electron chi connectivity index (χ0n) is 17.7. The number of rotatable bonds is 7. The van der Waals surface area contributed by atoms with Gasteiger partial charge in [-0.25, -0.2) is 0 Å². The molecule has 0 atom stereocenters. The normalized spacial score (nSPS) is 28.6. The molecule has 2 saturated carbocycles. The number of benzene rings is 1. The molecule has 1 heteroatoms. The van der Waals surface area contributed by atoms with Crippen molar-refractivity contribution in [1.82, 2.24) is 0 Å². The van der Waals surface area contributed by atoms with Crippen molar-refractivity contribution < 1.29 is 0 Å². The number of unbranched alkanes of at least 4 members (excludes halogenated alkanes) is 1. The number of allylic oxidation sites excluding steroid dienone is 4. The number of nitrogens with zero attached hydrogens (tertiary/aromatic N) is 1. The number of hydrogen-bond donors (Lipinski definition) is 0. The number of aryl methyl sites for hydroxylation is 1. The van der Waals surface area contributed by atoms with Crippen LogP contribution in [0, 0.1) is 29.1 Å². The molecule has 3 rings (SSSR count). The minimum Gasteiger partial charge on any atom is -0.193 e. The zero-order valence-corrected chi connectivity index (χ0v) is 17.7. The van der Waals surface area contributed by atoms with Gasteiger partial charge >= 0.3 is 0 Å². The highest BCUT2D eigenvalue weighted by molar-refractivity contribution is 5.26. The molecule has 2 fully saturated rings. The minimum absolute atomic E-state index is 0.724. The van der Waals surface area contributed by atoms with Gasteiger partial charge in [0.15, 0.2) is 0 Å². The van der Waals surface area contributed by atoms with E-state index >= 15 is 0 Å². The number of nitriles is 1. The van der Waals surface area contributed by atoms with E-state index in [-0.39, 0.29) is 0 Å². The fourth-order valence-electron chi connectivity index (χ4n) is 5.39. The molecule has 0 aromatic heterocycles. The number of hydrogen-bond acceptors (Lipinski definition) is 1. The smallest absolute Gasteiger partial charge is 0.0912 e. The third kappa shape index (κ3) is 6.10. The Balaban J connectivity index is 1.41. The van der Waals surface area contributed by atoms with Crippen LogP contribution in [-0.2, 0) is 6.42 Å². The van der Waals surface area contributed by atoms with Crippen molar-refractivity contribution in [3.05, 3.63) is 59.7 Å². The highest BCUT2D eigenvalue weighted by Crippen LogP contribution is 2.44. The Hall–Kier alpha value is -1.81. The van der Waals surface area contributed by atoms with Crippen molar-refractivity contribution in [1.29, 1.82) is 5.26 Å². The molecule has 2 aliphatic rings. The maximum atomic E-state index is 8.55. The fraction of sp³-hybridized carbons (Fsp3) is 0.593. The third-order valence-corrected chi connectivity index (χ3v) is 7.19. The van der Waals surface area contributed by atoms with Crippen LogP contribution >= 0.6 is 0 Å². The summed E-state index contributed by atoms with van der Waals surface area (Å²) in [4.78, 5) is 0. The van der Waals surface area contributed by atoms with E-state index in [0.29, 0.717) is 0 Å². The van der Waals surface area contributed by atoms with Gasteiger partial charge in [-0.2, -0.15) is 5.26 Å². The lowest BCUT2D eigenvalue weighted by molar-refractivity contribution is 0.171. The van der Waals surface area contributed by atoms with Crippen LogP contribution in [0.2, 0.25) is 0 Å². The molecule has 2 aliphatic carbocycles.